The van der Waals surface area contributed by atoms with Crippen molar-refractivity contribution < 1.29 is 4.79 Å². The Labute approximate surface area is 152 Å². The average Bonchev–Trinajstić information content (AvgIpc) is 2.83. The zero-order valence-electron chi connectivity index (χ0n) is 14.8. The molecule has 3 nitrogen and oxygen atoms in total. The van der Waals surface area contributed by atoms with Gasteiger partial charge in [-0.15, -0.1) is 12.4 Å². The fourth-order valence-corrected chi connectivity index (χ4v) is 7.47. The molecular weight excluding hydrogens is 320 g/mol. The van der Waals surface area contributed by atoms with E-state index in [2.05, 4.69) is 10.6 Å². The van der Waals surface area contributed by atoms with Crippen LogP contribution < -0.4 is 10.6 Å². The Morgan fingerprint density at radius 3 is 2.00 bits per heavy atom. The molecule has 136 valence electrons. The van der Waals surface area contributed by atoms with Gasteiger partial charge in [0.25, 0.3) is 0 Å². The van der Waals surface area contributed by atoms with Crippen molar-refractivity contribution in [1.29, 1.82) is 0 Å². The molecule has 0 radical (unpaired) electrons. The van der Waals surface area contributed by atoms with Gasteiger partial charge in [0, 0.05) is 25.0 Å². The monoisotopic (exact) mass is 352 g/mol. The molecule has 6 aliphatic rings. The number of hydrogen-bond donors (Lipinski definition) is 2. The van der Waals surface area contributed by atoms with E-state index in [-0.39, 0.29) is 12.4 Å². The summed E-state index contributed by atoms with van der Waals surface area (Å²) in [7, 11) is 0. The molecular formula is C20H33ClN2O. The largest absolute Gasteiger partial charge is 0.356 e. The lowest BCUT2D eigenvalue weighted by atomic mass is 9.49. The first-order valence-corrected chi connectivity index (χ1v) is 10.2. The Kier molecular flexibility index (Phi) is 4.62. The molecule has 2 heterocycles. The van der Waals surface area contributed by atoms with Crippen molar-refractivity contribution in [2.24, 2.45) is 29.1 Å². The molecule has 2 unspecified atom stereocenters. The molecule has 24 heavy (non-hydrogen) atoms. The highest BCUT2D eigenvalue weighted by molar-refractivity contribution is 5.85. The minimum Gasteiger partial charge on any atom is -0.356 e. The lowest BCUT2D eigenvalue weighted by Crippen LogP contribution is -2.51. The zero-order valence-corrected chi connectivity index (χ0v) is 15.6. The Morgan fingerprint density at radius 1 is 0.917 bits per heavy atom. The molecule has 1 amide bonds. The molecule has 6 rings (SSSR count). The Hall–Kier alpha value is -0.280. The molecule has 6 fully saturated rings. The number of piperidine rings is 1. The standard InChI is InChI=1S/C20H32N2O.ClH/c23-19(8-13-6-17-1-2-18(7-13)22-17)21-12-20-9-14-3-15(10-20)5-16(4-14)11-20;/h13-18,22H,1-12H2,(H,21,23);1H. The first-order chi connectivity index (χ1) is 11.2. The van der Waals surface area contributed by atoms with Crippen LogP contribution in [0.25, 0.3) is 0 Å². The Bertz CT molecular complexity index is 447. The van der Waals surface area contributed by atoms with Crippen LogP contribution in [-0.4, -0.2) is 24.5 Å². The summed E-state index contributed by atoms with van der Waals surface area (Å²) < 4.78 is 0. The van der Waals surface area contributed by atoms with Crippen LogP contribution in [0.4, 0.5) is 0 Å². The molecule has 0 aromatic heterocycles. The predicted molar refractivity (Wildman–Crippen MR) is 98.1 cm³/mol. The summed E-state index contributed by atoms with van der Waals surface area (Å²) in [5, 5.41) is 7.06. The van der Waals surface area contributed by atoms with Crippen molar-refractivity contribution in [3.8, 4) is 0 Å². The minimum atomic E-state index is 0. The molecule has 2 N–H and O–H groups in total. The third-order valence-electron chi connectivity index (χ3n) is 7.87. The summed E-state index contributed by atoms with van der Waals surface area (Å²) >= 11 is 0. The topological polar surface area (TPSA) is 41.1 Å². The molecule has 2 atom stereocenters. The lowest BCUT2D eigenvalue weighted by molar-refractivity contribution is -0.124. The van der Waals surface area contributed by atoms with Gasteiger partial charge >= 0.3 is 0 Å². The van der Waals surface area contributed by atoms with Gasteiger partial charge in [0.15, 0.2) is 0 Å². The van der Waals surface area contributed by atoms with Crippen LogP contribution in [0.5, 0.6) is 0 Å². The van der Waals surface area contributed by atoms with Crippen LogP contribution in [0.3, 0.4) is 0 Å². The number of rotatable bonds is 4. The van der Waals surface area contributed by atoms with Gasteiger partial charge < -0.3 is 10.6 Å². The highest BCUT2D eigenvalue weighted by Crippen LogP contribution is 2.59. The maximum absolute atomic E-state index is 12.5. The van der Waals surface area contributed by atoms with Crippen molar-refractivity contribution in [2.45, 2.75) is 82.7 Å². The third-order valence-corrected chi connectivity index (χ3v) is 7.87. The molecule has 0 spiro atoms. The van der Waals surface area contributed by atoms with Gasteiger partial charge in [-0.05, 0) is 93.3 Å². The van der Waals surface area contributed by atoms with Gasteiger partial charge in [-0.1, -0.05) is 0 Å². The number of hydrogen-bond acceptors (Lipinski definition) is 2. The quantitative estimate of drug-likeness (QED) is 0.810. The molecule has 2 saturated heterocycles. The number of amides is 1. The van der Waals surface area contributed by atoms with Gasteiger partial charge in [0.05, 0.1) is 0 Å². The number of carbonyl (C=O) groups excluding carboxylic acids is 1. The van der Waals surface area contributed by atoms with Crippen molar-refractivity contribution in [1.82, 2.24) is 10.6 Å². The SMILES string of the molecule is Cl.O=C(CC1CC2CCC(C1)N2)NCC12CC3CC(CC(C3)C1)C2. The maximum atomic E-state index is 12.5. The summed E-state index contributed by atoms with van der Waals surface area (Å²) in [4.78, 5) is 12.5. The summed E-state index contributed by atoms with van der Waals surface area (Å²) in [6, 6.07) is 1.41. The van der Waals surface area contributed by atoms with E-state index in [4.69, 9.17) is 0 Å². The van der Waals surface area contributed by atoms with Gasteiger partial charge in [0.1, 0.15) is 0 Å². The first kappa shape index (κ1) is 17.1. The number of fused-ring (bicyclic) bond motifs is 2. The second-order valence-corrected chi connectivity index (χ2v) is 9.87. The molecule has 2 aliphatic heterocycles. The molecule has 0 aromatic rings. The second kappa shape index (κ2) is 6.46. The van der Waals surface area contributed by atoms with Crippen molar-refractivity contribution in [3.05, 3.63) is 0 Å². The molecule has 0 aromatic carbocycles. The number of carbonyl (C=O) groups is 1. The van der Waals surface area contributed by atoms with E-state index in [1.54, 1.807) is 0 Å². The van der Waals surface area contributed by atoms with E-state index in [1.807, 2.05) is 0 Å². The highest BCUT2D eigenvalue weighted by atomic mass is 35.5. The van der Waals surface area contributed by atoms with E-state index >= 15 is 0 Å². The van der Waals surface area contributed by atoms with Crippen molar-refractivity contribution in [2.75, 3.05) is 6.54 Å². The van der Waals surface area contributed by atoms with Gasteiger partial charge in [-0.3, -0.25) is 4.79 Å². The van der Waals surface area contributed by atoms with Crippen LogP contribution in [0.15, 0.2) is 0 Å². The van der Waals surface area contributed by atoms with E-state index in [0.29, 0.717) is 29.3 Å². The normalized spacial score (nSPS) is 48.2. The van der Waals surface area contributed by atoms with E-state index in [0.717, 1.165) is 30.7 Å². The maximum Gasteiger partial charge on any atom is 0.220 e. The van der Waals surface area contributed by atoms with E-state index in [9.17, 15) is 4.79 Å². The predicted octanol–water partition coefficient (Wildman–Crippen LogP) is 3.66. The van der Waals surface area contributed by atoms with Crippen LogP contribution >= 0.6 is 12.4 Å². The molecule has 6 bridgehead atoms. The summed E-state index contributed by atoms with van der Waals surface area (Å²) in [5.74, 6) is 3.92. The van der Waals surface area contributed by atoms with E-state index < -0.39 is 0 Å². The summed E-state index contributed by atoms with van der Waals surface area (Å²) in [5.41, 5.74) is 0.484. The average molecular weight is 353 g/mol. The van der Waals surface area contributed by atoms with Crippen LogP contribution in [0.1, 0.15) is 70.6 Å². The van der Waals surface area contributed by atoms with Crippen molar-refractivity contribution >= 4 is 18.3 Å². The highest BCUT2D eigenvalue weighted by Gasteiger charge is 2.50. The Balaban J connectivity index is 0.00000146. The number of nitrogens with one attached hydrogen (secondary N) is 2. The van der Waals surface area contributed by atoms with Crippen LogP contribution in [0.2, 0.25) is 0 Å². The van der Waals surface area contributed by atoms with Gasteiger partial charge in [0.2, 0.25) is 5.91 Å². The van der Waals surface area contributed by atoms with Crippen molar-refractivity contribution in [3.63, 3.8) is 0 Å². The zero-order chi connectivity index (χ0) is 15.4. The van der Waals surface area contributed by atoms with Gasteiger partial charge in [-0.25, -0.2) is 0 Å². The lowest BCUT2D eigenvalue weighted by Gasteiger charge is -2.57. The van der Waals surface area contributed by atoms with E-state index in [1.165, 1.54) is 64.2 Å². The minimum absolute atomic E-state index is 0. The fourth-order valence-electron chi connectivity index (χ4n) is 7.47. The molecule has 4 heteroatoms. The summed E-state index contributed by atoms with van der Waals surface area (Å²) in [6.45, 7) is 0.979. The smallest absolute Gasteiger partial charge is 0.220 e. The summed E-state index contributed by atoms with van der Waals surface area (Å²) in [6.07, 6.45) is 14.6. The number of halogens is 1. The van der Waals surface area contributed by atoms with Crippen LogP contribution in [-0.2, 0) is 4.79 Å². The molecule has 4 aliphatic carbocycles. The fraction of sp³-hybridized carbons (Fsp3) is 0.950. The first-order valence-electron chi connectivity index (χ1n) is 10.2. The van der Waals surface area contributed by atoms with Gasteiger partial charge in [-0.2, -0.15) is 0 Å². The third kappa shape index (κ3) is 3.23. The molecule has 4 saturated carbocycles. The Morgan fingerprint density at radius 2 is 1.46 bits per heavy atom. The van der Waals surface area contributed by atoms with Crippen LogP contribution in [0, 0.1) is 29.1 Å². The second-order valence-electron chi connectivity index (χ2n) is 9.87.